The number of allylic oxidation sites excluding steroid dienone is 1. The Labute approximate surface area is 253 Å². The van der Waals surface area contributed by atoms with Crippen molar-refractivity contribution in [1.29, 1.82) is 0 Å². The molecule has 0 spiro atoms. The second kappa shape index (κ2) is 16.6. The Balaban J connectivity index is 1.58. The van der Waals surface area contributed by atoms with Gasteiger partial charge in [-0.05, 0) is 33.0 Å². The minimum absolute atomic E-state index is 0.0530. The molecule has 3 fully saturated rings. The third-order valence-electron chi connectivity index (χ3n) is 7.98. The fourth-order valence-corrected chi connectivity index (χ4v) is 8.01. The topological polar surface area (TPSA) is 132 Å². The van der Waals surface area contributed by atoms with Gasteiger partial charge in [0.15, 0.2) is 0 Å². The summed E-state index contributed by atoms with van der Waals surface area (Å²) >= 11 is -0.261. The number of hydrogen-bond donors (Lipinski definition) is 5. The van der Waals surface area contributed by atoms with E-state index in [1.807, 2.05) is 9.80 Å². The van der Waals surface area contributed by atoms with E-state index in [0.717, 1.165) is 43.2 Å². The van der Waals surface area contributed by atoms with Crippen molar-refractivity contribution >= 4 is 11.8 Å². The van der Waals surface area contributed by atoms with Crippen LogP contribution in [0, 0.1) is 5.92 Å². The van der Waals surface area contributed by atoms with E-state index in [9.17, 15) is 14.0 Å². The molecule has 0 aromatic carbocycles. The predicted octanol–water partition coefficient (Wildman–Crippen LogP) is -2.80. The van der Waals surface area contributed by atoms with Gasteiger partial charge in [-0.2, -0.15) is 0 Å². The van der Waals surface area contributed by atoms with E-state index in [1.54, 1.807) is 0 Å². The molecule has 0 radical (unpaired) electrons. The molecule has 10 nitrogen and oxygen atoms in total. The van der Waals surface area contributed by atoms with Crippen LogP contribution in [0.3, 0.4) is 0 Å². The Morgan fingerprint density at radius 3 is 2.44 bits per heavy atom. The number of amides is 2. The maximum atomic E-state index is 15.3. The molecule has 3 rings (SSSR count). The fraction of sp³-hybridized carbons (Fsp3) is 0.714. The van der Waals surface area contributed by atoms with Gasteiger partial charge >= 0.3 is 182 Å². The molecule has 0 aromatic rings. The number of rotatable bonds is 12. The van der Waals surface area contributed by atoms with Gasteiger partial charge in [0, 0.05) is 19.0 Å². The Bertz CT molecular complexity index is 961. The van der Waals surface area contributed by atoms with Crippen LogP contribution in [-0.4, -0.2) is 113 Å². The predicted molar refractivity (Wildman–Crippen MR) is 153 cm³/mol. The third-order valence-corrected chi connectivity index (χ3v) is 10.8. The number of alkyl halides is 3. The average molecular weight is 694 g/mol. The van der Waals surface area contributed by atoms with Gasteiger partial charge in [-0.15, -0.1) is 0 Å². The van der Waals surface area contributed by atoms with Crippen molar-refractivity contribution in [2.75, 3.05) is 68.3 Å². The molecule has 3 saturated heterocycles. The van der Waals surface area contributed by atoms with E-state index in [4.69, 9.17) is 11.5 Å². The summed E-state index contributed by atoms with van der Waals surface area (Å²) in [5, 5.41) is 8.65. The Hall–Kier alpha value is -1.97. The van der Waals surface area contributed by atoms with Crippen molar-refractivity contribution in [3.8, 4) is 0 Å². The normalized spacial score (nSPS) is 25.1. The molecular weight excluding hydrogens is 645 g/mol. The van der Waals surface area contributed by atoms with Crippen LogP contribution in [0.4, 0.5) is 8.78 Å². The number of hydrogen-bond acceptors (Lipinski definition) is 8. The zero-order valence-electron chi connectivity index (χ0n) is 24.4. The first-order valence-corrected chi connectivity index (χ1v) is 17.6. The van der Waals surface area contributed by atoms with Crippen molar-refractivity contribution in [3.05, 3.63) is 35.7 Å². The number of unbranched alkanes of at least 4 members (excludes halogenated alkanes) is 1. The molecule has 7 N–H and O–H groups in total. The number of nitrogens with zero attached hydrogens (tertiary/aromatic N) is 3. The van der Waals surface area contributed by atoms with Gasteiger partial charge < -0.3 is 9.80 Å². The molecule has 0 aliphatic carbocycles. The van der Waals surface area contributed by atoms with Crippen LogP contribution in [0.2, 0.25) is 0 Å². The van der Waals surface area contributed by atoms with Crippen LogP contribution >= 0.6 is 0 Å². The quantitative estimate of drug-likeness (QED) is 0.0488. The molecule has 234 valence electrons. The monoisotopic (exact) mass is 693 g/mol. The van der Waals surface area contributed by atoms with Gasteiger partial charge in [0.25, 0.3) is 0 Å². The maximum absolute atomic E-state index is 15.3. The van der Waals surface area contributed by atoms with E-state index >= 15 is 4.39 Å². The first-order valence-electron chi connectivity index (χ1n) is 14.6. The van der Waals surface area contributed by atoms with Crippen molar-refractivity contribution < 1.29 is 39.6 Å². The molecule has 3 aliphatic heterocycles. The first kappa shape index (κ1) is 33.5. The second-order valence-corrected chi connectivity index (χ2v) is 14.0. The van der Waals surface area contributed by atoms with Crippen LogP contribution in [0.5, 0.6) is 0 Å². The van der Waals surface area contributed by atoms with Crippen LogP contribution in [0.1, 0.15) is 32.6 Å². The van der Waals surface area contributed by atoms with Gasteiger partial charge in [-0.3, -0.25) is 4.79 Å². The van der Waals surface area contributed by atoms with Crippen LogP contribution in [0.15, 0.2) is 35.7 Å². The third kappa shape index (κ3) is 9.79. The molecule has 3 atom stereocenters. The number of carbonyl (C=O) groups excluding carboxylic acids is 2. The minimum atomic E-state index is -1.22. The molecule has 0 saturated carbocycles. The fourth-order valence-electron chi connectivity index (χ4n) is 5.59. The van der Waals surface area contributed by atoms with Crippen molar-refractivity contribution in [3.63, 3.8) is 0 Å². The number of nitrogens with one attached hydrogen (secondary N) is 3. The second-order valence-electron chi connectivity index (χ2n) is 11.1. The summed E-state index contributed by atoms with van der Waals surface area (Å²) in [5.74, 6) is -0.930. The first-order chi connectivity index (χ1) is 19.6. The molecule has 2 amide bonds. The molecule has 3 aliphatic rings. The molecule has 0 aromatic heterocycles. The summed E-state index contributed by atoms with van der Waals surface area (Å²) in [6.07, 6.45) is 3.90. The number of likely N-dealkylation sites (tertiary alicyclic amines) is 1. The summed E-state index contributed by atoms with van der Waals surface area (Å²) < 4.78 is 31.0. The zero-order valence-corrected chi connectivity index (χ0v) is 26.6. The Morgan fingerprint density at radius 2 is 1.80 bits per heavy atom. The average Bonchev–Trinajstić information content (AvgIpc) is 2.94. The number of piperazine rings is 1. The van der Waals surface area contributed by atoms with Crippen LogP contribution < -0.4 is 48.6 Å². The summed E-state index contributed by atoms with van der Waals surface area (Å²) in [6, 6.07) is -1.15. The SMILES string of the molecule is C=C(N/C=C(/F)C[I-]CCCC)C(C(=O)NC1CNCC(F)C1N1CCN(C(=O)C2CCN(C)CC2)CC1)=C(N)N. The number of carbonyl (C=O) groups is 2. The van der Waals surface area contributed by atoms with Crippen molar-refractivity contribution in [2.45, 2.75) is 50.9 Å². The van der Waals surface area contributed by atoms with E-state index in [2.05, 4.69) is 41.4 Å². The van der Waals surface area contributed by atoms with Crippen LogP contribution in [-0.2, 0) is 9.59 Å². The Kier molecular flexibility index (Phi) is 13.6. The zero-order chi connectivity index (χ0) is 29.9. The summed E-state index contributed by atoms with van der Waals surface area (Å²) in [5.41, 5.74) is 11.6. The molecular formula is C28H48F2IN8O2-. The van der Waals surface area contributed by atoms with E-state index in [0.29, 0.717) is 37.2 Å². The summed E-state index contributed by atoms with van der Waals surface area (Å²) in [4.78, 5) is 32.5. The number of nitrogens with two attached hydrogens (primary N) is 2. The van der Waals surface area contributed by atoms with Gasteiger partial charge in [-0.25, -0.2) is 0 Å². The number of halogens is 3. The van der Waals surface area contributed by atoms with Crippen molar-refractivity contribution in [1.82, 2.24) is 30.7 Å². The van der Waals surface area contributed by atoms with Gasteiger partial charge in [-0.1, -0.05) is 0 Å². The van der Waals surface area contributed by atoms with E-state index in [1.165, 1.54) is 6.20 Å². The molecule has 3 unspecified atom stereocenters. The van der Waals surface area contributed by atoms with Gasteiger partial charge in [0.2, 0.25) is 5.91 Å². The standard InChI is InChI=1S/C28H48F2IN8O2/c1-4-5-8-31-15-21(29)16-35-19(2)24(26(32)33)27(40)36-23-18-34-17-22(30)25(23)38-11-13-39(14-12-38)28(41)20-6-9-37(3)10-7-20/h16,20,22-23,25,34-35H,2,4-15,17-18,32-33H2,1,3H3,(H,36,40)/q-1/b21-16+. The van der Waals surface area contributed by atoms with Gasteiger partial charge in [0.05, 0.1) is 0 Å². The van der Waals surface area contributed by atoms with E-state index in [-0.39, 0.29) is 62.5 Å². The number of piperidine rings is 2. The molecule has 3 heterocycles. The molecule has 41 heavy (non-hydrogen) atoms. The van der Waals surface area contributed by atoms with Gasteiger partial charge in [0.1, 0.15) is 0 Å². The van der Waals surface area contributed by atoms with Crippen molar-refractivity contribution in [2.24, 2.45) is 17.4 Å². The summed E-state index contributed by atoms with van der Waals surface area (Å²) in [7, 11) is 2.07. The molecule has 0 bridgehead atoms. The summed E-state index contributed by atoms with van der Waals surface area (Å²) in [6.45, 7) is 10.4. The molecule has 13 heteroatoms. The van der Waals surface area contributed by atoms with Crippen LogP contribution in [0.25, 0.3) is 0 Å². The van der Waals surface area contributed by atoms with E-state index < -0.39 is 24.2 Å². The Morgan fingerprint density at radius 1 is 1.12 bits per heavy atom.